The lowest BCUT2D eigenvalue weighted by Gasteiger charge is -2.25. The molecule has 54 heavy (non-hydrogen) atoms. The van der Waals surface area contributed by atoms with Gasteiger partial charge in [-0.2, -0.15) is 0 Å². The topological polar surface area (TPSA) is 105 Å². The van der Waals surface area contributed by atoms with Gasteiger partial charge in [-0.05, 0) is 32.1 Å². The van der Waals surface area contributed by atoms with Crippen molar-refractivity contribution in [1.82, 2.24) is 5.32 Å². The zero-order chi connectivity index (χ0) is 40.0. The van der Waals surface area contributed by atoms with E-state index < -0.39 is 20.0 Å². The Bertz CT molecular complexity index is 938. The zero-order valence-corrected chi connectivity index (χ0v) is 37.1. The van der Waals surface area contributed by atoms with Crippen LogP contribution in [0.15, 0.2) is 24.3 Å². The first-order chi connectivity index (χ1) is 26.0. The van der Waals surface area contributed by atoms with Crippen LogP contribution in [0.3, 0.4) is 0 Å². The molecule has 8 nitrogen and oxygen atoms in total. The van der Waals surface area contributed by atoms with Gasteiger partial charge in [-0.25, -0.2) is 4.57 Å². The van der Waals surface area contributed by atoms with Gasteiger partial charge < -0.3 is 19.8 Å². The fourth-order valence-corrected chi connectivity index (χ4v) is 7.26. The van der Waals surface area contributed by atoms with Crippen molar-refractivity contribution < 1.29 is 32.9 Å². The molecule has 3 atom stereocenters. The van der Waals surface area contributed by atoms with E-state index in [9.17, 15) is 19.4 Å². The number of aliphatic hydroxyl groups is 1. The summed E-state index contributed by atoms with van der Waals surface area (Å²) in [6, 6.07) is -0.857. The van der Waals surface area contributed by atoms with Crippen molar-refractivity contribution in [2.75, 3.05) is 40.9 Å². The molecule has 0 radical (unpaired) electrons. The summed E-state index contributed by atoms with van der Waals surface area (Å²) in [6.07, 6.45) is 43.9. The number of nitrogens with one attached hydrogen (secondary N) is 1. The maximum Gasteiger partial charge on any atom is 0.472 e. The molecule has 0 aromatic rings. The molecule has 0 aliphatic rings. The Morgan fingerprint density at radius 2 is 1.02 bits per heavy atom. The van der Waals surface area contributed by atoms with Crippen molar-refractivity contribution in [3.63, 3.8) is 0 Å². The summed E-state index contributed by atoms with van der Waals surface area (Å²) in [5, 5.41) is 13.8. The fourth-order valence-electron chi connectivity index (χ4n) is 6.53. The van der Waals surface area contributed by atoms with Crippen LogP contribution >= 0.6 is 7.82 Å². The van der Waals surface area contributed by atoms with Gasteiger partial charge in [0.25, 0.3) is 0 Å². The van der Waals surface area contributed by atoms with Crippen LogP contribution in [-0.4, -0.2) is 73.4 Å². The minimum atomic E-state index is -4.34. The molecular formula is C45H90N2O6P+. The van der Waals surface area contributed by atoms with Crippen molar-refractivity contribution in [3.8, 4) is 0 Å². The van der Waals surface area contributed by atoms with Crippen molar-refractivity contribution >= 4 is 13.7 Å². The Morgan fingerprint density at radius 3 is 1.48 bits per heavy atom. The second kappa shape index (κ2) is 37.6. The second-order valence-electron chi connectivity index (χ2n) is 16.8. The highest BCUT2D eigenvalue weighted by atomic mass is 31.2. The summed E-state index contributed by atoms with van der Waals surface area (Å²) >= 11 is 0. The molecule has 0 aromatic carbocycles. The number of allylic oxidation sites excluding steroid dienone is 3. The third kappa shape index (κ3) is 39.2. The molecule has 0 fully saturated rings. The van der Waals surface area contributed by atoms with Gasteiger partial charge in [-0.3, -0.25) is 13.8 Å². The minimum absolute atomic E-state index is 0.0582. The molecule has 0 bridgehead atoms. The van der Waals surface area contributed by atoms with Gasteiger partial charge in [0.15, 0.2) is 0 Å². The molecular weight excluding hydrogens is 695 g/mol. The number of nitrogens with zero attached hydrogens (tertiary/aromatic N) is 1. The molecule has 0 spiro atoms. The van der Waals surface area contributed by atoms with Crippen LogP contribution in [0.1, 0.15) is 206 Å². The van der Waals surface area contributed by atoms with Gasteiger partial charge >= 0.3 is 7.82 Å². The number of carbonyl (C=O) groups excluding carboxylic acids is 1. The first-order valence-corrected chi connectivity index (χ1v) is 24.2. The first-order valence-electron chi connectivity index (χ1n) is 22.7. The molecule has 9 heteroatoms. The zero-order valence-electron chi connectivity index (χ0n) is 36.2. The highest BCUT2D eigenvalue weighted by Gasteiger charge is 2.27. The molecule has 0 saturated carbocycles. The molecule has 0 aliphatic carbocycles. The van der Waals surface area contributed by atoms with Crippen LogP contribution in [0, 0.1) is 0 Å². The molecule has 0 rings (SSSR count). The monoisotopic (exact) mass is 786 g/mol. The van der Waals surface area contributed by atoms with Crippen molar-refractivity contribution in [2.45, 2.75) is 219 Å². The third-order valence-corrected chi connectivity index (χ3v) is 11.2. The number of carbonyl (C=O) groups is 1. The third-order valence-electron chi connectivity index (χ3n) is 10.2. The molecule has 0 saturated heterocycles. The number of rotatable bonds is 41. The number of aliphatic hydroxyl groups excluding tert-OH is 1. The van der Waals surface area contributed by atoms with Crippen LogP contribution < -0.4 is 5.32 Å². The fraction of sp³-hybridized carbons (Fsp3) is 0.889. The number of quaternary nitrogens is 1. The van der Waals surface area contributed by atoms with Crippen LogP contribution in [0.5, 0.6) is 0 Å². The number of amides is 1. The van der Waals surface area contributed by atoms with Gasteiger partial charge in [0, 0.05) is 6.42 Å². The molecule has 0 aliphatic heterocycles. The van der Waals surface area contributed by atoms with Gasteiger partial charge in [0.2, 0.25) is 5.91 Å². The Kier molecular flexibility index (Phi) is 36.8. The summed E-state index contributed by atoms with van der Waals surface area (Å²) in [5.74, 6) is -0.186. The highest BCUT2D eigenvalue weighted by molar-refractivity contribution is 7.47. The normalized spacial score (nSPS) is 14.6. The van der Waals surface area contributed by atoms with Gasteiger partial charge in [-0.1, -0.05) is 192 Å². The van der Waals surface area contributed by atoms with E-state index >= 15 is 0 Å². The number of hydrogen-bond donors (Lipinski definition) is 3. The van der Waals surface area contributed by atoms with E-state index in [-0.39, 0.29) is 19.1 Å². The van der Waals surface area contributed by atoms with E-state index in [0.29, 0.717) is 17.4 Å². The average Bonchev–Trinajstić information content (AvgIpc) is 3.12. The quantitative estimate of drug-likeness (QED) is 0.0247. The van der Waals surface area contributed by atoms with E-state index in [1.807, 2.05) is 27.2 Å². The lowest BCUT2D eigenvalue weighted by atomic mass is 10.0. The first kappa shape index (κ1) is 53.0. The SMILES string of the molecule is CCCCCCCCCCCCCCC/C=C/CC/C=C/C(O)C(COP(=O)(O)OCC[N+](C)(C)C)NC(=O)CCCCCCCCCCCCCCC. The summed E-state index contributed by atoms with van der Waals surface area (Å²) < 4.78 is 23.5. The number of phosphoric ester groups is 1. The van der Waals surface area contributed by atoms with E-state index in [1.54, 1.807) is 6.08 Å². The van der Waals surface area contributed by atoms with E-state index in [1.165, 1.54) is 148 Å². The lowest BCUT2D eigenvalue weighted by Crippen LogP contribution is -2.45. The van der Waals surface area contributed by atoms with Gasteiger partial charge in [0.05, 0.1) is 39.9 Å². The lowest BCUT2D eigenvalue weighted by molar-refractivity contribution is -0.870. The molecule has 0 heterocycles. The average molecular weight is 786 g/mol. The Balaban J connectivity index is 4.44. The largest absolute Gasteiger partial charge is 0.472 e. The Morgan fingerprint density at radius 1 is 0.611 bits per heavy atom. The minimum Gasteiger partial charge on any atom is -0.387 e. The highest BCUT2D eigenvalue weighted by Crippen LogP contribution is 2.43. The van der Waals surface area contributed by atoms with Crippen LogP contribution in [0.4, 0.5) is 0 Å². The summed E-state index contributed by atoms with van der Waals surface area (Å²) in [7, 11) is 1.56. The van der Waals surface area contributed by atoms with Crippen LogP contribution in [0.2, 0.25) is 0 Å². The Labute approximate surface area is 334 Å². The predicted molar refractivity (Wildman–Crippen MR) is 231 cm³/mol. The van der Waals surface area contributed by atoms with Gasteiger partial charge in [-0.15, -0.1) is 0 Å². The molecule has 3 unspecified atom stereocenters. The van der Waals surface area contributed by atoms with Crippen molar-refractivity contribution in [1.29, 1.82) is 0 Å². The maximum atomic E-state index is 12.8. The number of likely N-dealkylation sites (N-methyl/N-ethyl adjacent to an activating group) is 1. The van der Waals surface area contributed by atoms with Crippen molar-refractivity contribution in [3.05, 3.63) is 24.3 Å². The van der Waals surface area contributed by atoms with E-state index in [4.69, 9.17) is 9.05 Å². The maximum absolute atomic E-state index is 12.8. The van der Waals surface area contributed by atoms with Crippen LogP contribution in [-0.2, 0) is 18.4 Å². The predicted octanol–water partition coefficient (Wildman–Crippen LogP) is 12.5. The number of unbranched alkanes of at least 4 members (excludes halogenated alkanes) is 26. The second-order valence-corrected chi connectivity index (χ2v) is 18.2. The summed E-state index contributed by atoms with van der Waals surface area (Å²) in [6.45, 7) is 4.80. The summed E-state index contributed by atoms with van der Waals surface area (Å²) in [4.78, 5) is 23.1. The standard InChI is InChI=1S/C45H89N2O6P/c1-6-8-10-12-14-16-18-20-21-22-23-24-25-27-28-30-32-34-36-38-44(48)43(42-53-54(50,51)52-41-40-47(3,4)5)46-45(49)39-37-35-33-31-29-26-19-17-15-13-11-9-7-2/h28,30,36,38,43-44,48H,6-27,29,31-35,37,39-42H2,1-5H3,(H-,46,49,50,51)/p+1/b30-28+,38-36+. The molecule has 3 N–H and O–H groups in total. The van der Waals surface area contributed by atoms with Crippen LogP contribution in [0.25, 0.3) is 0 Å². The Hall–Kier alpha value is -1.02. The van der Waals surface area contributed by atoms with Gasteiger partial charge in [0.1, 0.15) is 13.2 Å². The van der Waals surface area contributed by atoms with E-state index in [2.05, 4.69) is 31.3 Å². The molecule has 320 valence electrons. The number of hydrogen-bond acceptors (Lipinski definition) is 5. The molecule has 1 amide bonds. The molecule has 0 aromatic heterocycles. The summed E-state index contributed by atoms with van der Waals surface area (Å²) in [5.41, 5.74) is 0. The smallest absolute Gasteiger partial charge is 0.387 e. The number of phosphoric acid groups is 1. The van der Waals surface area contributed by atoms with Crippen molar-refractivity contribution in [2.24, 2.45) is 0 Å². The van der Waals surface area contributed by atoms with E-state index in [0.717, 1.165) is 38.5 Å².